The predicted octanol–water partition coefficient (Wildman–Crippen LogP) is 1.83. The highest BCUT2D eigenvalue weighted by atomic mass is 16.6. The largest absolute Gasteiger partial charge is 0.500 e. The van der Waals surface area contributed by atoms with E-state index >= 15 is 0 Å². The third-order valence-corrected chi connectivity index (χ3v) is 2.79. The Morgan fingerprint density at radius 2 is 2.09 bits per heavy atom. The molecule has 128 valence electrons. The number of aromatic hydroxyl groups is 1. The molecule has 0 spiro atoms. The minimum Gasteiger partial charge on any atom is -0.500 e. The van der Waals surface area contributed by atoms with Gasteiger partial charge < -0.3 is 25.6 Å². The molecule has 0 saturated carbocycles. The van der Waals surface area contributed by atoms with Crippen molar-refractivity contribution in [1.82, 2.24) is 5.32 Å². The highest BCUT2D eigenvalue weighted by molar-refractivity contribution is 5.67. The molecule has 0 heterocycles. The van der Waals surface area contributed by atoms with Crippen LogP contribution < -0.4 is 15.8 Å². The van der Waals surface area contributed by atoms with Gasteiger partial charge in [0, 0.05) is 18.7 Å². The van der Waals surface area contributed by atoms with Crippen molar-refractivity contribution in [2.45, 2.75) is 32.4 Å². The molecular weight excluding hydrogens is 306 g/mol. The van der Waals surface area contributed by atoms with Gasteiger partial charge in [-0.15, -0.1) is 0 Å². The number of nitrogens with two attached hydrogens (primary N) is 1. The van der Waals surface area contributed by atoms with Crippen molar-refractivity contribution in [3.63, 3.8) is 0 Å². The van der Waals surface area contributed by atoms with E-state index in [2.05, 4.69) is 5.32 Å². The van der Waals surface area contributed by atoms with Gasteiger partial charge in [-0.2, -0.15) is 0 Å². The van der Waals surface area contributed by atoms with E-state index in [-0.39, 0.29) is 12.3 Å². The van der Waals surface area contributed by atoms with Crippen LogP contribution in [0.5, 0.6) is 11.5 Å². The number of carbonyl (C=O) groups is 1. The number of nitrogens with zero attached hydrogens (tertiary/aromatic N) is 1. The van der Waals surface area contributed by atoms with Crippen molar-refractivity contribution >= 4 is 11.8 Å². The minimum absolute atomic E-state index is 0.00000283. The van der Waals surface area contributed by atoms with Crippen molar-refractivity contribution in [1.29, 1.82) is 0 Å². The van der Waals surface area contributed by atoms with Crippen LogP contribution in [-0.2, 0) is 4.74 Å². The topological polar surface area (TPSA) is 137 Å². The lowest BCUT2D eigenvalue weighted by atomic mass is 10.1. The molecule has 0 aliphatic heterocycles. The summed E-state index contributed by atoms with van der Waals surface area (Å²) >= 11 is 0. The molecule has 9 heteroatoms. The van der Waals surface area contributed by atoms with Crippen molar-refractivity contribution in [3.8, 4) is 11.5 Å². The molecule has 1 rings (SSSR count). The summed E-state index contributed by atoms with van der Waals surface area (Å²) in [5.41, 5.74) is 5.09. The minimum atomic E-state index is -0.741. The number of methoxy groups -OCH3 is 1. The molecule has 0 radical (unpaired) electrons. The van der Waals surface area contributed by atoms with E-state index in [1.54, 1.807) is 20.8 Å². The molecule has 23 heavy (non-hydrogen) atoms. The average Bonchev–Trinajstić information content (AvgIpc) is 2.42. The number of hydrogen-bond donors (Lipinski definition) is 3. The van der Waals surface area contributed by atoms with Crippen LogP contribution in [0.25, 0.3) is 0 Å². The molecule has 0 aliphatic carbocycles. The van der Waals surface area contributed by atoms with Gasteiger partial charge in [0.2, 0.25) is 5.75 Å². The maximum absolute atomic E-state index is 11.6. The Labute approximate surface area is 133 Å². The first-order chi connectivity index (χ1) is 10.5. The van der Waals surface area contributed by atoms with Crippen molar-refractivity contribution in [3.05, 3.63) is 27.8 Å². The third kappa shape index (κ3) is 5.29. The van der Waals surface area contributed by atoms with E-state index in [1.807, 2.05) is 0 Å². The maximum Gasteiger partial charge on any atom is 0.407 e. The number of nitrogens with one attached hydrogen (secondary N) is 1. The van der Waals surface area contributed by atoms with Crippen LogP contribution in [-0.4, -0.2) is 35.4 Å². The highest BCUT2D eigenvalue weighted by Crippen LogP contribution is 2.38. The number of hydrogen-bond acceptors (Lipinski definition) is 7. The van der Waals surface area contributed by atoms with Gasteiger partial charge in [0.25, 0.3) is 0 Å². The second-order valence-electron chi connectivity index (χ2n) is 5.84. The molecule has 0 aliphatic rings. The van der Waals surface area contributed by atoms with E-state index in [0.29, 0.717) is 5.56 Å². The summed E-state index contributed by atoms with van der Waals surface area (Å²) in [6, 6.07) is 1.78. The standard InChI is InChI=1S/C14H21N3O6/c1-14(2,3)23-13(19)16-7-9(15)8-5-10(17(20)21)12(18)11(6-8)22-4/h5-6,9,18H,7,15H2,1-4H3,(H,16,19). The molecule has 4 N–H and O–H groups in total. The van der Waals surface area contributed by atoms with Crippen LogP contribution in [0.1, 0.15) is 32.4 Å². The predicted molar refractivity (Wildman–Crippen MR) is 82.5 cm³/mol. The monoisotopic (exact) mass is 327 g/mol. The van der Waals surface area contributed by atoms with E-state index in [9.17, 15) is 20.0 Å². The number of ether oxygens (including phenoxy) is 2. The van der Waals surface area contributed by atoms with Gasteiger partial charge >= 0.3 is 11.8 Å². The van der Waals surface area contributed by atoms with E-state index in [4.69, 9.17) is 15.2 Å². The number of alkyl carbamates (subject to hydrolysis) is 1. The maximum atomic E-state index is 11.6. The van der Waals surface area contributed by atoms with Gasteiger partial charge in [0.15, 0.2) is 5.75 Å². The Kier molecular flexibility index (Phi) is 5.74. The van der Waals surface area contributed by atoms with Crippen LogP contribution >= 0.6 is 0 Å². The fraction of sp³-hybridized carbons (Fsp3) is 0.500. The summed E-state index contributed by atoms with van der Waals surface area (Å²) < 4.78 is 9.97. The summed E-state index contributed by atoms with van der Waals surface area (Å²) in [6.07, 6.45) is -0.645. The summed E-state index contributed by atoms with van der Waals surface area (Å²) in [7, 11) is 1.27. The molecule has 9 nitrogen and oxygen atoms in total. The molecular formula is C14H21N3O6. The second kappa shape index (κ2) is 7.14. The second-order valence-corrected chi connectivity index (χ2v) is 5.84. The molecule has 1 unspecified atom stereocenters. The average molecular weight is 327 g/mol. The zero-order chi connectivity index (χ0) is 17.8. The van der Waals surface area contributed by atoms with Crippen molar-refractivity contribution in [2.75, 3.05) is 13.7 Å². The first kappa shape index (κ1) is 18.5. The lowest BCUT2D eigenvalue weighted by Gasteiger charge is -2.21. The Morgan fingerprint density at radius 3 is 2.57 bits per heavy atom. The molecule has 0 fully saturated rings. The van der Waals surface area contributed by atoms with Gasteiger partial charge in [-0.1, -0.05) is 0 Å². The van der Waals surface area contributed by atoms with Crippen LogP contribution in [0, 0.1) is 10.1 Å². The number of nitro groups is 1. The normalized spacial score (nSPS) is 12.4. The molecule has 0 saturated heterocycles. The number of benzene rings is 1. The molecule has 1 aromatic carbocycles. The summed E-state index contributed by atoms with van der Waals surface area (Å²) in [5.74, 6) is -0.643. The number of carbonyl (C=O) groups excluding carboxylic acids is 1. The Bertz CT molecular complexity index is 597. The third-order valence-electron chi connectivity index (χ3n) is 2.79. The first-order valence-electron chi connectivity index (χ1n) is 6.83. The molecule has 1 atom stereocenters. The van der Waals surface area contributed by atoms with Crippen molar-refractivity contribution in [2.24, 2.45) is 5.73 Å². The summed E-state index contributed by atoms with van der Waals surface area (Å²) in [4.78, 5) is 21.8. The fourth-order valence-corrected chi connectivity index (χ4v) is 1.75. The summed E-state index contributed by atoms with van der Waals surface area (Å²) in [6.45, 7) is 5.17. The molecule has 1 amide bonds. The quantitative estimate of drug-likeness (QED) is 0.554. The van der Waals surface area contributed by atoms with Gasteiger partial charge in [0.05, 0.1) is 12.0 Å². The number of rotatable bonds is 5. The zero-order valence-electron chi connectivity index (χ0n) is 13.5. The van der Waals surface area contributed by atoms with Crippen LogP contribution in [0.4, 0.5) is 10.5 Å². The molecule has 0 bridgehead atoms. The van der Waals surface area contributed by atoms with Crippen molar-refractivity contribution < 1.29 is 24.3 Å². The fourth-order valence-electron chi connectivity index (χ4n) is 1.75. The Morgan fingerprint density at radius 1 is 1.48 bits per heavy atom. The number of phenolic OH excluding ortho intramolecular Hbond substituents is 1. The number of amides is 1. The zero-order valence-corrected chi connectivity index (χ0v) is 13.5. The van der Waals surface area contributed by atoms with Crippen LogP contribution in [0.15, 0.2) is 12.1 Å². The van der Waals surface area contributed by atoms with E-state index in [1.165, 1.54) is 13.2 Å². The number of phenols is 1. The Balaban J connectivity index is 2.88. The Hall–Kier alpha value is -2.55. The summed E-state index contributed by atoms with van der Waals surface area (Å²) in [5, 5.41) is 23.1. The van der Waals surface area contributed by atoms with E-state index in [0.717, 1.165) is 6.07 Å². The SMILES string of the molecule is COc1cc(C(N)CNC(=O)OC(C)(C)C)cc([N+](=O)[O-])c1O. The lowest BCUT2D eigenvalue weighted by Crippen LogP contribution is -2.36. The van der Waals surface area contributed by atoms with Gasteiger partial charge in [-0.3, -0.25) is 10.1 Å². The van der Waals surface area contributed by atoms with Crippen LogP contribution in [0.3, 0.4) is 0 Å². The van der Waals surface area contributed by atoms with Gasteiger partial charge in [-0.05, 0) is 32.4 Å². The number of nitro benzene ring substituents is 1. The van der Waals surface area contributed by atoms with E-state index < -0.39 is 34.1 Å². The van der Waals surface area contributed by atoms with Crippen LogP contribution in [0.2, 0.25) is 0 Å². The smallest absolute Gasteiger partial charge is 0.407 e. The lowest BCUT2D eigenvalue weighted by molar-refractivity contribution is -0.386. The highest BCUT2D eigenvalue weighted by Gasteiger charge is 2.23. The first-order valence-corrected chi connectivity index (χ1v) is 6.83. The molecule has 0 aromatic heterocycles. The van der Waals surface area contributed by atoms with Gasteiger partial charge in [0.1, 0.15) is 5.60 Å². The molecule has 1 aromatic rings. The van der Waals surface area contributed by atoms with Gasteiger partial charge in [-0.25, -0.2) is 4.79 Å².